The highest BCUT2D eigenvalue weighted by atomic mass is 32.1. The van der Waals surface area contributed by atoms with E-state index in [1.807, 2.05) is 22.9 Å². The first-order chi connectivity index (χ1) is 9.70. The number of hydrogen-bond donors (Lipinski definition) is 2. The summed E-state index contributed by atoms with van der Waals surface area (Å²) < 4.78 is 0. The van der Waals surface area contributed by atoms with E-state index in [4.69, 9.17) is 5.26 Å². The Kier molecular flexibility index (Phi) is 4.88. The molecule has 1 heterocycles. The Balaban J connectivity index is 1.81. The molecule has 1 unspecified atom stereocenters. The lowest BCUT2D eigenvalue weighted by atomic mass is 10.1. The van der Waals surface area contributed by atoms with Gasteiger partial charge in [-0.05, 0) is 53.1 Å². The molecule has 2 rings (SSSR count). The van der Waals surface area contributed by atoms with Crippen LogP contribution in [-0.2, 0) is 0 Å². The smallest absolute Gasteiger partial charge is 0.251 e. The Morgan fingerprint density at radius 1 is 1.35 bits per heavy atom. The van der Waals surface area contributed by atoms with E-state index in [2.05, 4.69) is 5.32 Å². The minimum atomic E-state index is -0.553. The lowest BCUT2D eigenvalue weighted by Crippen LogP contribution is -2.25. The number of carbonyl (C=O) groups is 1. The number of amides is 1. The second kappa shape index (κ2) is 6.85. The molecule has 0 bridgehead atoms. The number of rotatable bonds is 5. The van der Waals surface area contributed by atoms with Crippen LogP contribution in [-0.4, -0.2) is 17.6 Å². The van der Waals surface area contributed by atoms with Crippen LogP contribution in [0.5, 0.6) is 0 Å². The molecule has 2 aromatic rings. The zero-order valence-corrected chi connectivity index (χ0v) is 11.6. The predicted octanol–water partition coefficient (Wildman–Crippen LogP) is 2.47. The van der Waals surface area contributed by atoms with Crippen molar-refractivity contribution in [3.8, 4) is 6.07 Å². The average molecular weight is 286 g/mol. The molecule has 0 aliphatic heterocycles. The van der Waals surface area contributed by atoms with E-state index >= 15 is 0 Å². The van der Waals surface area contributed by atoms with Gasteiger partial charge in [0.25, 0.3) is 5.91 Å². The summed E-state index contributed by atoms with van der Waals surface area (Å²) in [5, 5.41) is 25.1. The summed E-state index contributed by atoms with van der Waals surface area (Å²) in [5.74, 6) is -0.202. The van der Waals surface area contributed by atoms with E-state index < -0.39 is 6.10 Å². The number of aliphatic hydroxyl groups excluding tert-OH is 1. The van der Waals surface area contributed by atoms with Crippen LogP contribution in [0.25, 0.3) is 0 Å². The van der Waals surface area contributed by atoms with Gasteiger partial charge in [0, 0.05) is 12.1 Å². The first-order valence-corrected chi connectivity index (χ1v) is 7.13. The van der Waals surface area contributed by atoms with Gasteiger partial charge in [-0.1, -0.05) is 0 Å². The van der Waals surface area contributed by atoms with Gasteiger partial charge in [0.1, 0.15) is 0 Å². The third-order valence-electron chi connectivity index (χ3n) is 2.91. The number of aliphatic hydroxyl groups is 1. The Hall–Kier alpha value is -2.16. The van der Waals surface area contributed by atoms with Crippen LogP contribution in [0.15, 0.2) is 41.1 Å². The van der Waals surface area contributed by atoms with Crippen molar-refractivity contribution in [3.63, 3.8) is 0 Å². The van der Waals surface area contributed by atoms with Gasteiger partial charge in [0.15, 0.2) is 0 Å². The van der Waals surface area contributed by atoms with Crippen molar-refractivity contribution in [2.45, 2.75) is 12.5 Å². The van der Waals surface area contributed by atoms with Crippen molar-refractivity contribution in [1.82, 2.24) is 5.32 Å². The molecule has 1 amide bonds. The quantitative estimate of drug-likeness (QED) is 0.886. The fourth-order valence-corrected chi connectivity index (χ4v) is 2.46. The van der Waals surface area contributed by atoms with Gasteiger partial charge >= 0.3 is 0 Å². The maximum Gasteiger partial charge on any atom is 0.251 e. The third-order valence-corrected chi connectivity index (χ3v) is 3.61. The summed E-state index contributed by atoms with van der Waals surface area (Å²) >= 11 is 1.53. The monoisotopic (exact) mass is 286 g/mol. The number of carbonyl (C=O) groups excluding carboxylic acids is 1. The van der Waals surface area contributed by atoms with Gasteiger partial charge in [-0.25, -0.2) is 0 Å². The van der Waals surface area contributed by atoms with E-state index in [1.54, 1.807) is 24.3 Å². The van der Waals surface area contributed by atoms with Crippen LogP contribution in [0, 0.1) is 11.3 Å². The fraction of sp³-hybridized carbons (Fsp3) is 0.200. The minimum absolute atomic E-state index is 0.202. The summed E-state index contributed by atoms with van der Waals surface area (Å²) in [4.78, 5) is 11.8. The molecule has 2 N–H and O–H groups in total. The highest BCUT2D eigenvalue weighted by Gasteiger charge is 2.09. The molecule has 1 atom stereocenters. The number of thiophene rings is 1. The van der Waals surface area contributed by atoms with Gasteiger partial charge in [-0.15, -0.1) is 0 Å². The number of hydrogen-bond acceptors (Lipinski definition) is 4. The summed E-state index contributed by atoms with van der Waals surface area (Å²) in [6.07, 6.45) is -0.0822. The zero-order chi connectivity index (χ0) is 14.4. The molecule has 4 nitrogen and oxygen atoms in total. The normalized spacial score (nSPS) is 11.6. The number of nitriles is 1. The molecule has 0 fully saturated rings. The van der Waals surface area contributed by atoms with Crippen molar-refractivity contribution in [3.05, 3.63) is 57.8 Å². The first kappa shape index (κ1) is 14.3. The van der Waals surface area contributed by atoms with Gasteiger partial charge in [0.05, 0.1) is 17.7 Å². The van der Waals surface area contributed by atoms with Crippen molar-refractivity contribution < 1.29 is 9.90 Å². The van der Waals surface area contributed by atoms with Crippen LogP contribution >= 0.6 is 11.3 Å². The molecule has 20 heavy (non-hydrogen) atoms. The predicted molar refractivity (Wildman–Crippen MR) is 77.4 cm³/mol. The summed E-state index contributed by atoms with van der Waals surface area (Å²) in [5.41, 5.74) is 1.91. The van der Waals surface area contributed by atoms with Crippen molar-refractivity contribution in [2.75, 3.05) is 6.54 Å². The van der Waals surface area contributed by atoms with E-state index in [0.29, 0.717) is 24.1 Å². The van der Waals surface area contributed by atoms with Crippen LogP contribution in [0.1, 0.15) is 34.0 Å². The molecule has 0 spiro atoms. The second-order valence-electron chi connectivity index (χ2n) is 4.31. The summed E-state index contributed by atoms with van der Waals surface area (Å²) in [6.45, 7) is 0.399. The molecule has 0 aliphatic rings. The zero-order valence-electron chi connectivity index (χ0n) is 10.7. The van der Waals surface area contributed by atoms with Crippen LogP contribution in [0.3, 0.4) is 0 Å². The maximum absolute atomic E-state index is 11.8. The van der Waals surface area contributed by atoms with Crippen molar-refractivity contribution in [2.24, 2.45) is 0 Å². The lowest BCUT2D eigenvalue weighted by molar-refractivity contribution is 0.0942. The Bertz CT molecular complexity index is 600. The van der Waals surface area contributed by atoms with Crippen molar-refractivity contribution in [1.29, 1.82) is 5.26 Å². The minimum Gasteiger partial charge on any atom is -0.388 e. The van der Waals surface area contributed by atoms with Gasteiger partial charge < -0.3 is 10.4 Å². The third kappa shape index (κ3) is 3.67. The second-order valence-corrected chi connectivity index (χ2v) is 5.09. The van der Waals surface area contributed by atoms with Gasteiger partial charge in [-0.2, -0.15) is 16.6 Å². The van der Waals surface area contributed by atoms with Crippen LogP contribution < -0.4 is 5.32 Å². The van der Waals surface area contributed by atoms with Crippen molar-refractivity contribution >= 4 is 17.2 Å². The Morgan fingerprint density at radius 3 is 2.70 bits per heavy atom. The average Bonchev–Trinajstić information content (AvgIpc) is 3.01. The highest BCUT2D eigenvalue weighted by Crippen LogP contribution is 2.18. The topological polar surface area (TPSA) is 73.1 Å². The molecule has 1 aromatic heterocycles. The first-order valence-electron chi connectivity index (χ1n) is 6.19. The lowest BCUT2D eigenvalue weighted by Gasteiger charge is -2.10. The van der Waals surface area contributed by atoms with E-state index in [0.717, 1.165) is 5.56 Å². The molecule has 102 valence electrons. The van der Waals surface area contributed by atoms with Crippen LogP contribution in [0.4, 0.5) is 0 Å². The highest BCUT2D eigenvalue weighted by molar-refractivity contribution is 7.07. The fourth-order valence-electron chi connectivity index (χ4n) is 1.75. The molecule has 1 aromatic carbocycles. The number of nitrogens with one attached hydrogen (secondary N) is 1. The summed E-state index contributed by atoms with van der Waals surface area (Å²) in [6, 6.07) is 10.3. The molecular formula is C15H14N2O2S. The number of nitrogens with zero attached hydrogens (tertiary/aromatic N) is 1. The standard InChI is InChI=1S/C15H14N2O2S/c16-9-11-1-3-12(4-2-11)15(19)17-7-5-14(18)13-6-8-20-10-13/h1-4,6,8,10,14,18H,5,7H2,(H,17,19). The SMILES string of the molecule is N#Cc1ccc(C(=O)NCCC(O)c2ccsc2)cc1. The van der Waals surface area contributed by atoms with Gasteiger partial charge in [0.2, 0.25) is 0 Å². The molecular weight excluding hydrogens is 272 g/mol. The molecule has 0 saturated carbocycles. The molecule has 0 aliphatic carbocycles. The molecule has 0 radical (unpaired) electrons. The maximum atomic E-state index is 11.8. The van der Waals surface area contributed by atoms with E-state index in [9.17, 15) is 9.90 Å². The van der Waals surface area contributed by atoms with E-state index in [1.165, 1.54) is 11.3 Å². The van der Waals surface area contributed by atoms with E-state index in [-0.39, 0.29) is 5.91 Å². The molecule has 5 heteroatoms. The van der Waals surface area contributed by atoms with Crippen LogP contribution in [0.2, 0.25) is 0 Å². The van der Waals surface area contributed by atoms with Gasteiger partial charge in [-0.3, -0.25) is 4.79 Å². The summed E-state index contributed by atoms with van der Waals surface area (Å²) in [7, 11) is 0. The number of benzene rings is 1. The Labute approximate surface area is 121 Å². The Morgan fingerprint density at radius 2 is 2.10 bits per heavy atom. The molecule has 0 saturated heterocycles. The largest absolute Gasteiger partial charge is 0.388 e.